The van der Waals surface area contributed by atoms with Gasteiger partial charge in [-0.05, 0) is 24.9 Å². The first-order valence-corrected chi connectivity index (χ1v) is 7.62. The summed E-state index contributed by atoms with van der Waals surface area (Å²) in [5.41, 5.74) is 5.95. The largest absolute Gasteiger partial charge is 0.380 e. The molecular weight excluding hydrogens is 268 g/mol. The molecule has 0 bridgehead atoms. The zero-order valence-corrected chi connectivity index (χ0v) is 12.5. The molecule has 1 fully saturated rings. The molecule has 3 atom stereocenters. The van der Waals surface area contributed by atoms with E-state index < -0.39 is 0 Å². The van der Waals surface area contributed by atoms with Crippen LogP contribution in [0, 0.1) is 5.92 Å². The number of halogens is 1. The molecule has 1 aromatic rings. The van der Waals surface area contributed by atoms with Crippen LogP contribution in [-0.2, 0) is 4.74 Å². The van der Waals surface area contributed by atoms with Crippen molar-refractivity contribution >= 4 is 22.9 Å². The van der Waals surface area contributed by atoms with Crippen LogP contribution in [0.5, 0.6) is 0 Å². The molecular formula is C13H21ClN2OS. The van der Waals surface area contributed by atoms with Gasteiger partial charge in [-0.1, -0.05) is 18.5 Å². The van der Waals surface area contributed by atoms with E-state index >= 15 is 0 Å². The summed E-state index contributed by atoms with van der Waals surface area (Å²) in [5.74, 6) is 0.622. The highest BCUT2D eigenvalue weighted by atomic mass is 35.5. The second-order valence-electron chi connectivity index (χ2n) is 4.95. The topological polar surface area (TPSA) is 38.5 Å². The maximum Gasteiger partial charge on any atom is 0.0724 e. The summed E-state index contributed by atoms with van der Waals surface area (Å²) in [4.78, 5) is 3.68. The molecule has 0 aromatic carbocycles. The minimum Gasteiger partial charge on any atom is -0.380 e. The van der Waals surface area contributed by atoms with Crippen LogP contribution in [0.25, 0.3) is 0 Å². The lowest BCUT2D eigenvalue weighted by Crippen LogP contribution is -2.46. The molecule has 2 N–H and O–H groups in total. The van der Waals surface area contributed by atoms with Gasteiger partial charge < -0.3 is 10.5 Å². The third-order valence-corrected chi connectivity index (χ3v) is 5.19. The van der Waals surface area contributed by atoms with Gasteiger partial charge in [0, 0.05) is 30.5 Å². The SMILES string of the molecule is COC1CN(C(CN)c2cc(Cl)cs2)CCC1C. The number of hydrogen-bond acceptors (Lipinski definition) is 4. The Morgan fingerprint density at radius 1 is 1.67 bits per heavy atom. The van der Waals surface area contributed by atoms with Gasteiger partial charge in [-0.2, -0.15) is 0 Å². The lowest BCUT2D eigenvalue weighted by molar-refractivity contribution is -0.0178. The number of nitrogens with two attached hydrogens (primary N) is 1. The van der Waals surface area contributed by atoms with Crippen molar-refractivity contribution in [2.75, 3.05) is 26.7 Å². The summed E-state index contributed by atoms with van der Waals surface area (Å²) in [5, 5.41) is 2.78. The first kappa shape index (κ1) is 14.3. The van der Waals surface area contributed by atoms with Gasteiger partial charge in [-0.25, -0.2) is 0 Å². The maximum absolute atomic E-state index is 6.01. The molecule has 102 valence electrons. The first-order chi connectivity index (χ1) is 8.65. The van der Waals surface area contributed by atoms with E-state index in [0.717, 1.165) is 24.5 Å². The van der Waals surface area contributed by atoms with E-state index in [2.05, 4.69) is 11.8 Å². The van der Waals surface area contributed by atoms with E-state index in [1.807, 2.05) is 11.4 Å². The lowest BCUT2D eigenvalue weighted by atomic mass is 9.94. The summed E-state index contributed by atoms with van der Waals surface area (Å²) < 4.78 is 5.56. The van der Waals surface area contributed by atoms with E-state index in [1.165, 1.54) is 4.88 Å². The quantitative estimate of drug-likeness (QED) is 0.926. The molecule has 3 unspecified atom stereocenters. The Hall–Kier alpha value is -0.130. The van der Waals surface area contributed by atoms with Crippen LogP contribution in [0.15, 0.2) is 11.4 Å². The number of piperidine rings is 1. The second-order valence-corrected chi connectivity index (χ2v) is 6.33. The molecule has 1 aliphatic heterocycles. The summed E-state index contributed by atoms with van der Waals surface area (Å²) in [6.07, 6.45) is 1.47. The maximum atomic E-state index is 6.01. The first-order valence-electron chi connectivity index (χ1n) is 6.36. The number of thiophene rings is 1. The molecule has 0 saturated carbocycles. The second kappa shape index (κ2) is 6.35. The van der Waals surface area contributed by atoms with Crippen LogP contribution in [0.2, 0.25) is 5.02 Å². The van der Waals surface area contributed by atoms with Gasteiger partial charge in [-0.3, -0.25) is 4.90 Å². The average Bonchev–Trinajstić information content (AvgIpc) is 2.79. The minimum absolute atomic E-state index is 0.271. The molecule has 1 saturated heterocycles. The summed E-state index contributed by atoms with van der Waals surface area (Å²) >= 11 is 7.70. The third-order valence-electron chi connectivity index (χ3n) is 3.80. The lowest BCUT2D eigenvalue weighted by Gasteiger charge is -2.40. The van der Waals surface area contributed by atoms with Crippen molar-refractivity contribution in [2.24, 2.45) is 11.7 Å². The van der Waals surface area contributed by atoms with Crippen LogP contribution >= 0.6 is 22.9 Å². The summed E-state index contributed by atoms with van der Waals surface area (Å²) in [6, 6.07) is 2.30. The van der Waals surface area contributed by atoms with Gasteiger partial charge in [-0.15, -0.1) is 11.3 Å². The average molecular weight is 289 g/mol. The van der Waals surface area contributed by atoms with E-state index in [4.69, 9.17) is 22.1 Å². The molecule has 1 aromatic heterocycles. The number of rotatable bonds is 4. The third kappa shape index (κ3) is 3.06. The van der Waals surface area contributed by atoms with E-state index in [0.29, 0.717) is 18.6 Å². The number of ether oxygens (including phenoxy) is 1. The molecule has 3 nitrogen and oxygen atoms in total. The van der Waals surface area contributed by atoms with Crippen LogP contribution in [0.1, 0.15) is 24.3 Å². The number of hydrogen-bond donors (Lipinski definition) is 1. The molecule has 2 rings (SSSR count). The van der Waals surface area contributed by atoms with Gasteiger partial charge >= 0.3 is 0 Å². The van der Waals surface area contributed by atoms with Crippen molar-refractivity contribution in [1.82, 2.24) is 4.90 Å². The molecule has 5 heteroatoms. The highest BCUT2D eigenvalue weighted by Crippen LogP contribution is 2.32. The smallest absolute Gasteiger partial charge is 0.0724 e. The van der Waals surface area contributed by atoms with Crippen LogP contribution in [-0.4, -0.2) is 37.7 Å². The molecule has 0 aliphatic carbocycles. The number of methoxy groups -OCH3 is 1. The fraction of sp³-hybridized carbons (Fsp3) is 0.692. The Balaban J connectivity index is 2.09. The predicted octanol–water partition coefficient (Wildman–Crippen LogP) is 2.76. The Labute approximate surface area is 118 Å². The zero-order chi connectivity index (χ0) is 13.1. The molecule has 1 aliphatic rings. The van der Waals surface area contributed by atoms with Crippen molar-refractivity contribution in [3.8, 4) is 0 Å². The Morgan fingerprint density at radius 2 is 2.44 bits per heavy atom. The summed E-state index contributed by atoms with van der Waals surface area (Å²) in [7, 11) is 1.80. The van der Waals surface area contributed by atoms with E-state index in [1.54, 1.807) is 18.4 Å². The monoisotopic (exact) mass is 288 g/mol. The van der Waals surface area contributed by atoms with Crippen LogP contribution in [0.3, 0.4) is 0 Å². The number of nitrogens with zero attached hydrogens (tertiary/aromatic N) is 1. The van der Waals surface area contributed by atoms with Crippen molar-refractivity contribution in [3.05, 3.63) is 21.3 Å². The highest BCUT2D eigenvalue weighted by molar-refractivity contribution is 7.10. The van der Waals surface area contributed by atoms with Crippen molar-refractivity contribution in [3.63, 3.8) is 0 Å². The van der Waals surface area contributed by atoms with Crippen molar-refractivity contribution in [2.45, 2.75) is 25.5 Å². The van der Waals surface area contributed by atoms with Crippen molar-refractivity contribution < 1.29 is 4.74 Å². The standard InChI is InChI=1S/C13H21ClN2OS/c1-9-3-4-16(7-12(9)17-2)11(6-15)13-5-10(14)8-18-13/h5,8-9,11-12H,3-4,6-7,15H2,1-2H3. The van der Waals surface area contributed by atoms with Crippen LogP contribution < -0.4 is 5.73 Å². The molecule has 0 spiro atoms. The fourth-order valence-electron chi connectivity index (χ4n) is 2.60. The van der Waals surface area contributed by atoms with Gasteiger partial charge in [0.25, 0.3) is 0 Å². The predicted molar refractivity (Wildman–Crippen MR) is 77.3 cm³/mol. The zero-order valence-electron chi connectivity index (χ0n) is 10.9. The summed E-state index contributed by atoms with van der Waals surface area (Å²) in [6.45, 7) is 4.92. The highest BCUT2D eigenvalue weighted by Gasteiger charge is 2.30. The van der Waals surface area contributed by atoms with E-state index in [-0.39, 0.29) is 6.04 Å². The van der Waals surface area contributed by atoms with Gasteiger partial charge in [0.15, 0.2) is 0 Å². The van der Waals surface area contributed by atoms with Gasteiger partial charge in [0.05, 0.1) is 17.2 Å². The Morgan fingerprint density at radius 3 is 3.00 bits per heavy atom. The number of likely N-dealkylation sites (tertiary alicyclic amines) is 1. The van der Waals surface area contributed by atoms with Gasteiger partial charge in [0.2, 0.25) is 0 Å². The Kier molecular flexibility index (Phi) is 5.04. The molecule has 0 amide bonds. The fourth-order valence-corrected chi connectivity index (χ4v) is 3.83. The minimum atomic E-state index is 0.271. The normalized spacial score (nSPS) is 27.3. The molecule has 0 radical (unpaired) electrons. The van der Waals surface area contributed by atoms with Crippen molar-refractivity contribution in [1.29, 1.82) is 0 Å². The molecule has 18 heavy (non-hydrogen) atoms. The van der Waals surface area contributed by atoms with Crippen LogP contribution in [0.4, 0.5) is 0 Å². The van der Waals surface area contributed by atoms with E-state index in [9.17, 15) is 0 Å². The Bertz CT molecular complexity index is 385. The molecule has 2 heterocycles. The van der Waals surface area contributed by atoms with Gasteiger partial charge in [0.1, 0.15) is 0 Å².